The number of rotatable bonds is 3. The Bertz CT molecular complexity index is 310. The van der Waals surface area contributed by atoms with Gasteiger partial charge in [0.05, 0.1) is 12.1 Å². The van der Waals surface area contributed by atoms with Gasteiger partial charge in [0.15, 0.2) is 5.13 Å². The van der Waals surface area contributed by atoms with Gasteiger partial charge in [-0.15, -0.1) is 11.3 Å². The first-order valence-corrected chi connectivity index (χ1v) is 6.41. The number of hydrogen-bond donors (Lipinski definition) is 2. The highest BCUT2D eigenvalue weighted by atomic mass is 79.9. The molecule has 1 heterocycles. The highest BCUT2D eigenvalue weighted by Gasteiger charge is 2.33. The third-order valence-electron chi connectivity index (χ3n) is 2.71. The molecule has 14 heavy (non-hydrogen) atoms. The van der Waals surface area contributed by atoms with Crippen LogP contribution in [0.3, 0.4) is 0 Å². The van der Waals surface area contributed by atoms with Crippen LogP contribution >= 0.6 is 27.3 Å². The van der Waals surface area contributed by atoms with E-state index in [4.69, 9.17) is 0 Å². The number of nitrogens with zero attached hydrogens (tertiary/aromatic N) is 1. The zero-order valence-electron chi connectivity index (χ0n) is 7.79. The minimum atomic E-state index is -0.114. The van der Waals surface area contributed by atoms with Gasteiger partial charge in [0, 0.05) is 5.38 Å². The molecule has 0 saturated heterocycles. The van der Waals surface area contributed by atoms with Crippen molar-refractivity contribution < 1.29 is 5.11 Å². The van der Waals surface area contributed by atoms with E-state index >= 15 is 0 Å². The number of halogens is 1. The van der Waals surface area contributed by atoms with Crippen LogP contribution in [0.25, 0.3) is 0 Å². The van der Waals surface area contributed by atoms with E-state index in [1.807, 2.05) is 5.38 Å². The Kier molecular flexibility index (Phi) is 3.09. The lowest BCUT2D eigenvalue weighted by Gasteiger charge is -2.27. The first kappa shape index (κ1) is 10.4. The molecule has 1 aliphatic carbocycles. The molecule has 0 atom stereocenters. The third kappa shape index (κ3) is 2.10. The number of hydrogen-bond acceptors (Lipinski definition) is 4. The van der Waals surface area contributed by atoms with Crippen LogP contribution in [0.4, 0.5) is 5.13 Å². The molecule has 2 rings (SSSR count). The van der Waals surface area contributed by atoms with E-state index in [9.17, 15) is 5.11 Å². The number of aromatic nitrogens is 1. The van der Waals surface area contributed by atoms with Gasteiger partial charge in [-0.1, -0.05) is 12.8 Å². The van der Waals surface area contributed by atoms with Crippen LogP contribution in [0, 0.1) is 0 Å². The minimum absolute atomic E-state index is 0.114. The summed E-state index contributed by atoms with van der Waals surface area (Å²) in [6.07, 6.45) is 4.47. The number of aliphatic hydroxyl groups excluding tert-OH is 1. The topological polar surface area (TPSA) is 45.1 Å². The van der Waals surface area contributed by atoms with Gasteiger partial charge in [-0.3, -0.25) is 0 Å². The molecule has 1 aliphatic rings. The maximum absolute atomic E-state index is 9.39. The smallest absolute Gasteiger partial charge is 0.184 e. The van der Waals surface area contributed by atoms with Crippen LogP contribution in [-0.2, 0) is 0 Å². The van der Waals surface area contributed by atoms with Crippen LogP contribution in [0.15, 0.2) is 9.98 Å². The van der Waals surface area contributed by atoms with Gasteiger partial charge in [0.25, 0.3) is 0 Å². The van der Waals surface area contributed by atoms with Crippen LogP contribution in [0.2, 0.25) is 0 Å². The summed E-state index contributed by atoms with van der Waals surface area (Å²) in [6, 6.07) is 0. The summed E-state index contributed by atoms with van der Waals surface area (Å²) in [5, 5.41) is 15.6. The summed E-state index contributed by atoms with van der Waals surface area (Å²) < 4.78 is 0.857. The standard InChI is InChI=1S/C9H13BrN2OS/c10-7-5-14-8(11-7)12-9(6-13)3-1-2-4-9/h5,13H,1-4,6H2,(H,11,12). The second kappa shape index (κ2) is 4.16. The van der Waals surface area contributed by atoms with Crippen molar-refractivity contribution in [3.8, 4) is 0 Å². The van der Waals surface area contributed by atoms with E-state index < -0.39 is 0 Å². The maximum atomic E-state index is 9.39. The summed E-state index contributed by atoms with van der Waals surface area (Å²) in [7, 11) is 0. The van der Waals surface area contributed by atoms with Crippen molar-refractivity contribution in [3.63, 3.8) is 0 Å². The van der Waals surface area contributed by atoms with Gasteiger partial charge in [-0.25, -0.2) is 4.98 Å². The van der Waals surface area contributed by atoms with E-state index in [0.29, 0.717) is 0 Å². The SMILES string of the molecule is OCC1(Nc2nc(Br)cs2)CCCC1. The molecular weight excluding hydrogens is 264 g/mol. The summed E-state index contributed by atoms with van der Waals surface area (Å²) in [6.45, 7) is 0.199. The maximum Gasteiger partial charge on any atom is 0.184 e. The van der Waals surface area contributed by atoms with Crippen LogP contribution in [0.5, 0.6) is 0 Å². The van der Waals surface area contributed by atoms with E-state index in [2.05, 4.69) is 26.2 Å². The van der Waals surface area contributed by atoms with Crippen molar-refractivity contribution in [2.24, 2.45) is 0 Å². The Morgan fingerprint density at radius 1 is 1.57 bits per heavy atom. The Labute approximate surface area is 95.7 Å². The van der Waals surface area contributed by atoms with Gasteiger partial charge in [-0.05, 0) is 28.8 Å². The quantitative estimate of drug-likeness (QED) is 0.892. The summed E-state index contributed by atoms with van der Waals surface area (Å²) in [4.78, 5) is 4.28. The monoisotopic (exact) mass is 276 g/mol. The molecule has 1 saturated carbocycles. The third-order valence-corrected chi connectivity index (χ3v) is 4.18. The molecule has 0 aromatic carbocycles. The summed E-state index contributed by atoms with van der Waals surface area (Å²) in [5.74, 6) is 0. The first-order chi connectivity index (χ1) is 6.74. The molecule has 2 N–H and O–H groups in total. The molecule has 0 unspecified atom stereocenters. The molecule has 0 aliphatic heterocycles. The van der Waals surface area contributed by atoms with Crippen LogP contribution < -0.4 is 5.32 Å². The lowest BCUT2D eigenvalue weighted by atomic mass is 10.00. The second-order valence-corrected chi connectivity index (χ2v) is 5.42. The molecule has 1 aromatic rings. The summed E-state index contributed by atoms with van der Waals surface area (Å²) in [5.41, 5.74) is -0.114. The largest absolute Gasteiger partial charge is 0.394 e. The van der Waals surface area contributed by atoms with Crippen molar-refractivity contribution in [2.45, 2.75) is 31.2 Å². The molecule has 1 aromatic heterocycles. The fourth-order valence-electron chi connectivity index (χ4n) is 1.91. The fourth-order valence-corrected chi connectivity index (χ4v) is 3.18. The molecule has 78 valence electrons. The Morgan fingerprint density at radius 3 is 2.79 bits per heavy atom. The van der Waals surface area contributed by atoms with Gasteiger partial charge in [0.2, 0.25) is 0 Å². The molecule has 0 amide bonds. The Morgan fingerprint density at radius 2 is 2.29 bits per heavy atom. The predicted octanol–water partition coefficient (Wildman–Crippen LogP) is 2.62. The highest BCUT2D eigenvalue weighted by Crippen LogP contribution is 2.34. The summed E-state index contributed by atoms with van der Waals surface area (Å²) >= 11 is 4.89. The average Bonchev–Trinajstić information content (AvgIpc) is 2.77. The van der Waals surface area contributed by atoms with Crippen molar-refractivity contribution in [3.05, 3.63) is 9.98 Å². The number of nitrogens with one attached hydrogen (secondary N) is 1. The van der Waals surface area contributed by atoms with Gasteiger partial charge in [0.1, 0.15) is 4.60 Å². The minimum Gasteiger partial charge on any atom is -0.394 e. The van der Waals surface area contributed by atoms with E-state index in [-0.39, 0.29) is 12.1 Å². The average molecular weight is 277 g/mol. The van der Waals surface area contributed by atoms with E-state index in [0.717, 1.165) is 22.6 Å². The molecular formula is C9H13BrN2OS. The second-order valence-electron chi connectivity index (χ2n) is 3.75. The molecule has 0 spiro atoms. The molecule has 0 radical (unpaired) electrons. The van der Waals surface area contributed by atoms with Crippen molar-refractivity contribution in [1.29, 1.82) is 0 Å². The van der Waals surface area contributed by atoms with Gasteiger partial charge >= 0.3 is 0 Å². The van der Waals surface area contributed by atoms with Crippen molar-refractivity contribution in [1.82, 2.24) is 4.98 Å². The van der Waals surface area contributed by atoms with Crippen molar-refractivity contribution in [2.75, 3.05) is 11.9 Å². The lowest BCUT2D eigenvalue weighted by molar-refractivity contribution is 0.214. The lowest BCUT2D eigenvalue weighted by Crippen LogP contribution is -2.38. The van der Waals surface area contributed by atoms with E-state index in [1.54, 1.807) is 11.3 Å². The number of thiazole rings is 1. The molecule has 3 nitrogen and oxygen atoms in total. The zero-order valence-corrected chi connectivity index (χ0v) is 10.2. The van der Waals surface area contributed by atoms with Crippen molar-refractivity contribution >= 4 is 32.4 Å². The molecule has 1 fully saturated rings. The predicted molar refractivity (Wildman–Crippen MR) is 61.7 cm³/mol. The zero-order chi connectivity index (χ0) is 10.0. The number of aliphatic hydroxyl groups is 1. The van der Waals surface area contributed by atoms with Gasteiger partial charge < -0.3 is 10.4 Å². The van der Waals surface area contributed by atoms with Gasteiger partial charge in [-0.2, -0.15) is 0 Å². The fraction of sp³-hybridized carbons (Fsp3) is 0.667. The molecule has 5 heteroatoms. The highest BCUT2D eigenvalue weighted by molar-refractivity contribution is 9.10. The Hall–Kier alpha value is -0.130. The van der Waals surface area contributed by atoms with E-state index in [1.165, 1.54) is 12.8 Å². The van der Waals surface area contributed by atoms with Crippen LogP contribution in [-0.4, -0.2) is 22.2 Å². The Balaban J connectivity index is 2.08. The van der Waals surface area contributed by atoms with Crippen LogP contribution in [0.1, 0.15) is 25.7 Å². The number of anilines is 1. The first-order valence-electron chi connectivity index (χ1n) is 4.74. The normalized spacial score (nSPS) is 19.9. The molecule has 0 bridgehead atoms.